The molecule has 1 aromatic rings. The minimum atomic E-state index is 0.0714. The Morgan fingerprint density at radius 1 is 1.45 bits per heavy atom. The van der Waals surface area contributed by atoms with E-state index >= 15 is 0 Å². The zero-order valence-corrected chi connectivity index (χ0v) is 12.4. The van der Waals surface area contributed by atoms with Crippen molar-refractivity contribution >= 4 is 11.6 Å². The molecule has 4 nitrogen and oxygen atoms in total. The lowest BCUT2D eigenvalue weighted by Crippen LogP contribution is -2.42. The molecule has 1 heterocycles. The van der Waals surface area contributed by atoms with Crippen LogP contribution in [0.4, 0.5) is 5.69 Å². The molecule has 0 aromatic heterocycles. The Labute approximate surface area is 120 Å². The van der Waals surface area contributed by atoms with Crippen molar-refractivity contribution in [2.75, 3.05) is 25.0 Å². The highest BCUT2D eigenvalue weighted by Crippen LogP contribution is 2.26. The maximum atomic E-state index is 12.0. The number of hydrogen-bond donors (Lipinski definition) is 2. The van der Waals surface area contributed by atoms with Gasteiger partial charge in [-0.25, -0.2) is 0 Å². The molecule has 1 saturated heterocycles. The lowest BCUT2D eigenvalue weighted by Gasteiger charge is -2.26. The molecule has 1 aliphatic rings. The maximum absolute atomic E-state index is 12.0. The van der Waals surface area contributed by atoms with Gasteiger partial charge in [0.1, 0.15) is 5.75 Å². The highest BCUT2D eigenvalue weighted by molar-refractivity contribution is 5.92. The van der Waals surface area contributed by atoms with Crippen LogP contribution in [0.25, 0.3) is 0 Å². The lowest BCUT2D eigenvalue weighted by molar-refractivity contribution is -0.116. The third-order valence-electron chi connectivity index (χ3n) is 3.52. The van der Waals surface area contributed by atoms with Gasteiger partial charge in [-0.1, -0.05) is 13.0 Å². The van der Waals surface area contributed by atoms with E-state index in [0.717, 1.165) is 42.9 Å². The van der Waals surface area contributed by atoms with Crippen LogP contribution >= 0.6 is 0 Å². The van der Waals surface area contributed by atoms with Crippen LogP contribution < -0.4 is 15.4 Å². The molecule has 0 saturated carbocycles. The zero-order valence-electron chi connectivity index (χ0n) is 12.4. The first-order valence-electron chi connectivity index (χ1n) is 7.43. The Bertz CT molecular complexity index is 456. The highest BCUT2D eigenvalue weighted by atomic mass is 16.5. The van der Waals surface area contributed by atoms with Gasteiger partial charge in [0.15, 0.2) is 0 Å². The summed E-state index contributed by atoms with van der Waals surface area (Å²) in [5, 5.41) is 6.19. The minimum Gasteiger partial charge on any atom is -0.491 e. The van der Waals surface area contributed by atoms with Crippen molar-refractivity contribution < 1.29 is 9.53 Å². The van der Waals surface area contributed by atoms with Gasteiger partial charge in [-0.05, 0) is 56.5 Å². The number of amides is 1. The molecule has 0 unspecified atom stereocenters. The van der Waals surface area contributed by atoms with Crippen molar-refractivity contribution in [3.8, 4) is 5.75 Å². The summed E-state index contributed by atoms with van der Waals surface area (Å²) in [6, 6.07) is 5.88. The highest BCUT2D eigenvalue weighted by Gasteiger charge is 2.18. The fourth-order valence-electron chi connectivity index (χ4n) is 2.16. The Kier molecular flexibility index (Phi) is 5.41. The summed E-state index contributed by atoms with van der Waals surface area (Å²) < 4.78 is 5.70. The quantitative estimate of drug-likeness (QED) is 0.805. The topological polar surface area (TPSA) is 50.4 Å². The van der Waals surface area contributed by atoms with Gasteiger partial charge in [0.25, 0.3) is 0 Å². The standard InChI is InChI=1S/C16H24N2O2/c1-3-8-20-15-9-12(2)4-6-14(15)18-16(19)7-5-13-10-17-11-13/h4,6,9,13,17H,3,5,7-8,10-11H2,1-2H3,(H,18,19). The van der Waals surface area contributed by atoms with Crippen molar-refractivity contribution in [2.45, 2.75) is 33.1 Å². The molecule has 2 rings (SSSR count). The number of aryl methyl sites for hydroxylation is 1. The Morgan fingerprint density at radius 3 is 2.90 bits per heavy atom. The molecule has 1 aliphatic heterocycles. The van der Waals surface area contributed by atoms with Gasteiger partial charge in [-0.3, -0.25) is 4.79 Å². The second-order valence-electron chi connectivity index (χ2n) is 5.46. The third-order valence-corrected chi connectivity index (χ3v) is 3.52. The lowest BCUT2D eigenvalue weighted by atomic mass is 9.97. The summed E-state index contributed by atoms with van der Waals surface area (Å²) in [5.74, 6) is 1.50. The molecule has 20 heavy (non-hydrogen) atoms. The number of anilines is 1. The summed E-state index contributed by atoms with van der Waals surface area (Å²) in [7, 11) is 0. The molecule has 0 bridgehead atoms. The number of nitrogens with one attached hydrogen (secondary N) is 2. The number of carbonyl (C=O) groups excluding carboxylic acids is 1. The van der Waals surface area contributed by atoms with Crippen LogP contribution in [0.3, 0.4) is 0 Å². The van der Waals surface area contributed by atoms with E-state index in [1.807, 2.05) is 25.1 Å². The van der Waals surface area contributed by atoms with Gasteiger partial charge in [-0.2, -0.15) is 0 Å². The number of rotatable bonds is 7. The molecule has 4 heteroatoms. The van der Waals surface area contributed by atoms with E-state index in [-0.39, 0.29) is 5.91 Å². The molecule has 2 N–H and O–H groups in total. The van der Waals surface area contributed by atoms with Crippen LogP contribution in [0.2, 0.25) is 0 Å². The van der Waals surface area contributed by atoms with Crippen LogP contribution in [-0.4, -0.2) is 25.6 Å². The van der Waals surface area contributed by atoms with Gasteiger partial charge >= 0.3 is 0 Å². The van der Waals surface area contributed by atoms with Crippen LogP contribution in [0.5, 0.6) is 5.75 Å². The first-order chi connectivity index (χ1) is 9.69. The fourth-order valence-corrected chi connectivity index (χ4v) is 2.16. The fraction of sp³-hybridized carbons (Fsp3) is 0.562. The van der Waals surface area contributed by atoms with Crippen LogP contribution in [0, 0.1) is 12.8 Å². The molecule has 110 valence electrons. The van der Waals surface area contributed by atoms with E-state index in [9.17, 15) is 4.79 Å². The van der Waals surface area contributed by atoms with Crippen LogP contribution in [0.1, 0.15) is 31.7 Å². The van der Waals surface area contributed by atoms with E-state index in [1.165, 1.54) is 0 Å². The molecule has 0 radical (unpaired) electrons. The van der Waals surface area contributed by atoms with Crippen molar-refractivity contribution in [1.82, 2.24) is 5.32 Å². The second-order valence-corrected chi connectivity index (χ2v) is 5.46. The molecule has 0 spiro atoms. The van der Waals surface area contributed by atoms with Crippen LogP contribution in [0.15, 0.2) is 18.2 Å². The number of ether oxygens (including phenoxy) is 1. The van der Waals surface area contributed by atoms with Gasteiger partial charge in [0.2, 0.25) is 5.91 Å². The maximum Gasteiger partial charge on any atom is 0.224 e. The van der Waals surface area contributed by atoms with Crippen molar-refractivity contribution in [3.63, 3.8) is 0 Å². The molecular weight excluding hydrogens is 252 g/mol. The molecule has 0 atom stereocenters. The summed E-state index contributed by atoms with van der Waals surface area (Å²) >= 11 is 0. The van der Waals surface area contributed by atoms with E-state index < -0.39 is 0 Å². The monoisotopic (exact) mass is 276 g/mol. The average molecular weight is 276 g/mol. The predicted octanol–water partition coefficient (Wildman–Crippen LogP) is 2.72. The first-order valence-corrected chi connectivity index (χ1v) is 7.43. The average Bonchev–Trinajstić information content (AvgIpc) is 2.37. The normalized spacial score (nSPS) is 14.7. The molecule has 0 aliphatic carbocycles. The Morgan fingerprint density at radius 2 is 2.25 bits per heavy atom. The largest absolute Gasteiger partial charge is 0.491 e. The SMILES string of the molecule is CCCOc1cc(C)ccc1NC(=O)CCC1CNC1. The molecule has 1 aromatic carbocycles. The van der Waals surface area contributed by atoms with Crippen molar-refractivity contribution in [1.29, 1.82) is 0 Å². The number of carbonyl (C=O) groups is 1. The summed E-state index contributed by atoms with van der Waals surface area (Å²) in [5.41, 5.74) is 1.91. The van der Waals surface area contributed by atoms with Crippen molar-refractivity contribution in [3.05, 3.63) is 23.8 Å². The molecule has 1 fully saturated rings. The molecular formula is C16H24N2O2. The van der Waals surface area contributed by atoms with Gasteiger partial charge in [-0.15, -0.1) is 0 Å². The second kappa shape index (κ2) is 7.29. The van der Waals surface area contributed by atoms with Crippen molar-refractivity contribution in [2.24, 2.45) is 5.92 Å². The van der Waals surface area contributed by atoms with E-state index in [0.29, 0.717) is 18.9 Å². The summed E-state index contributed by atoms with van der Waals surface area (Å²) in [4.78, 5) is 12.0. The first kappa shape index (κ1) is 14.9. The number of hydrogen-bond acceptors (Lipinski definition) is 3. The van der Waals surface area contributed by atoms with E-state index in [4.69, 9.17) is 4.74 Å². The third kappa shape index (κ3) is 4.23. The van der Waals surface area contributed by atoms with Gasteiger partial charge in [0, 0.05) is 6.42 Å². The summed E-state index contributed by atoms with van der Waals surface area (Å²) in [6.45, 7) is 6.85. The van der Waals surface area contributed by atoms with Gasteiger partial charge < -0.3 is 15.4 Å². The molecule has 1 amide bonds. The Hall–Kier alpha value is -1.55. The van der Waals surface area contributed by atoms with E-state index in [2.05, 4.69) is 17.6 Å². The predicted molar refractivity (Wildman–Crippen MR) is 81.2 cm³/mol. The van der Waals surface area contributed by atoms with E-state index in [1.54, 1.807) is 0 Å². The van der Waals surface area contributed by atoms with Gasteiger partial charge in [0.05, 0.1) is 12.3 Å². The summed E-state index contributed by atoms with van der Waals surface area (Å²) in [6.07, 6.45) is 2.49. The smallest absolute Gasteiger partial charge is 0.224 e. The zero-order chi connectivity index (χ0) is 14.4. The minimum absolute atomic E-state index is 0.0714. The number of benzene rings is 1. The van der Waals surface area contributed by atoms with Crippen LogP contribution in [-0.2, 0) is 4.79 Å². The Balaban J connectivity index is 1.90.